The van der Waals surface area contributed by atoms with Crippen LogP contribution in [0.15, 0.2) is 18.2 Å². The normalized spacial score (nSPS) is 20.0. The molecule has 0 radical (unpaired) electrons. The van der Waals surface area contributed by atoms with Crippen molar-refractivity contribution in [2.24, 2.45) is 5.92 Å². The summed E-state index contributed by atoms with van der Waals surface area (Å²) in [6, 6.07) is 5.28. The molecular weight excluding hydrogens is 247 g/mol. The topological polar surface area (TPSA) is 26.3 Å². The number of carbonyl (C=O) groups is 1. The molecule has 1 aliphatic rings. The van der Waals surface area contributed by atoms with Crippen LogP contribution >= 0.6 is 23.2 Å². The molecule has 0 N–H and O–H groups in total. The highest BCUT2D eigenvalue weighted by molar-refractivity contribution is 6.36. The maximum atomic E-state index is 11.9. The number of benzene rings is 1. The van der Waals surface area contributed by atoms with Crippen LogP contribution in [0.5, 0.6) is 0 Å². The first-order chi connectivity index (χ1) is 7.68. The molecule has 0 bridgehead atoms. The lowest BCUT2D eigenvalue weighted by molar-refractivity contribution is -0.122. The second kappa shape index (κ2) is 5.17. The van der Waals surface area contributed by atoms with E-state index in [1.807, 2.05) is 0 Å². The third-order valence-electron chi connectivity index (χ3n) is 2.80. The molecule has 4 heteroatoms. The van der Waals surface area contributed by atoms with Gasteiger partial charge in [0.05, 0.1) is 6.61 Å². The Bertz CT molecular complexity index is 378. The lowest BCUT2D eigenvalue weighted by Crippen LogP contribution is -2.17. The highest BCUT2D eigenvalue weighted by Gasteiger charge is 2.24. The van der Waals surface area contributed by atoms with Gasteiger partial charge in [0.15, 0.2) is 0 Å². The van der Waals surface area contributed by atoms with Crippen LogP contribution in [0, 0.1) is 5.92 Å². The Hall–Kier alpha value is -0.570. The Morgan fingerprint density at radius 3 is 2.62 bits per heavy atom. The van der Waals surface area contributed by atoms with Crippen molar-refractivity contribution in [1.82, 2.24) is 0 Å². The van der Waals surface area contributed by atoms with Crippen molar-refractivity contribution in [2.75, 3.05) is 13.2 Å². The molecule has 1 aromatic carbocycles. The first-order valence-corrected chi connectivity index (χ1v) is 5.97. The van der Waals surface area contributed by atoms with Crippen LogP contribution in [-0.2, 0) is 16.0 Å². The molecule has 16 heavy (non-hydrogen) atoms. The van der Waals surface area contributed by atoms with E-state index in [-0.39, 0.29) is 11.7 Å². The molecule has 2 nitrogen and oxygen atoms in total. The number of hydrogen-bond donors (Lipinski definition) is 0. The van der Waals surface area contributed by atoms with E-state index in [9.17, 15) is 4.79 Å². The van der Waals surface area contributed by atoms with Crippen molar-refractivity contribution in [3.63, 3.8) is 0 Å². The standard InChI is InChI=1S/C12H12Cl2O2/c13-10-2-1-3-11(14)9(10)6-12(15)8-4-5-16-7-8/h1-3,8H,4-7H2. The maximum absolute atomic E-state index is 11.9. The fourth-order valence-electron chi connectivity index (χ4n) is 1.81. The Kier molecular flexibility index (Phi) is 3.85. The molecule has 0 aliphatic carbocycles. The third kappa shape index (κ3) is 2.57. The van der Waals surface area contributed by atoms with Crippen LogP contribution in [0.2, 0.25) is 10.0 Å². The van der Waals surface area contributed by atoms with Crippen LogP contribution in [-0.4, -0.2) is 19.0 Å². The second-order valence-electron chi connectivity index (χ2n) is 3.90. The number of carbonyl (C=O) groups excluding carboxylic acids is 1. The summed E-state index contributed by atoms with van der Waals surface area (Å²) in [5, 5.41) is 1.11. The lowest BCUT2D eigenvalue weighted by atomic mass is 9.97. The second-order valence-corrected chi connectivity index (χ2v) is 4.72. The molecule has 0 aromatic heterocycles. The van der Waals surface area contributed by atoms with Crippen LogP contribution < -0.4 is 0 Å². The molecule has 1 aromatic rings. The molecule has 1 aliphatic heterocycles. The van der Waals surface area contributed by atoms with Crippen LogP contribution in [0.4, 0.5) is 0 Å². The number of Topliss-reactive ketones (excluding diaryl/α,β-unsaturated/α-hetero) is 1. The molecular formula is C12H12Cl2O2. The van der Waals surface area contributed by atoms with Gasteiger partial charge in [0, 0.05) is 29.0 Å². The van der Waals surface area contributed by atoms with Gasteiger partial charge >= 0.3 is 0 Å². The number of rotatable bonds is 3. The summed E-state index contributed by atoms with van der Waals surface area (Å²) < 4.78 is 5.19. The smallest absolute Gasteiger partial charge is 0.142 e. The summed E-state index contributed by atoms with van der Waals surface area (Å²) in [6.45, 7) is 1.20. The fourth-order valence-corrected chi connectivity index (χ4v) is 2.34. The summed E-state index contributed by atoms with van der Waals surface area (Å²) in [7, 11) is 0. The zero-order valence-corrected chi connectivity index (χ0v) is 10.2. The van der Waals surface area contributed by atoms with Gasteiger partial charge in [0.2, 0.25) is 0 Å². The van der Waals surface area contributed by atoms with Crippen molar-refractivity contribution in [3.8, 4) is 0 Å². The van der Waals surface area contributed by atoms with Gasteiger partial charge in [-0.15, -0.1) is 0 Å². The summed E-state index contributed by atoms with van der Waals surface area (Å²) in [4.78, 5) is 11.9. The average Bonchev–Trinajstić information content (AvgIpc) is 2.76. The molecule has 1 saturated heterocycles. The van der Waals surface area contributed by atoms with Gasteiger partial charge in [-0.05, 0) is 24.1 Å². The number of halogens is 2. The average molecular weight is 259 g/mol. The largest absolute Gasteiger partial charge is 0.381 e. The van der Waals surface area contributed by atoms with Crippen LogP contribution in [0.3, 0.4) is 0 Å². The first kappa shape index (κ1) is 11.9. The van der Waals surface area contributed by atoms with Gasteiger partial charge in [0.25, 0.3) is 0 Å². The Morgan fingerprint density at radius 1 is 1.38 bits per heavy atom. The van der Waals surface area contributed by atoms with Gasteiger partial charge in [-0.25, -0.2) is 0 Å². The molecule has 1 unspecified atom stereocenters. The van der Waals surface area contributed by atoms with E-state index in [1.54, 1.807) is 18.2 Å². The SMILES string of the molecule is O=C(Cc1c(Cl)cccc1Cl)C1CCOC1. The molecule has 86 valence electrons. The van der Waals surface area contributed by atoms with Gasteiger partial charge < -0.3 is 4.74 Å². The summed E-state index contributed by atoms with van der Waals surface area (Å²) in [6.07, 6.45) is 1.10. The molecule has 2 rings (SSSR count). The number of hydrogen-bond acceptors (Lipinski definition) is 2. The molecule has 0 amide bonds. The van der Waals surface area contributed by atoms with Gasteiger partial charge in [-0.2, -0.15) is 0 Å². The fraction of sp³-hybridized carbons (Fsp3) is 0.417. The minimum atomic E-state index is 0.00680. The van der Waals surface area contributed by atoms with Crippen molar-refractivity contribution in [2.45, 2.75) is 12.8 Å². The monoisotopic (exact) mass is 258 g/mol. The van der Waals surface area contributed by atoms with Crippen LogP contribution in [0.25, 0.3) is 0 Å². The quantitative estimate of drug-likeness (QED) is 0.833. The predicted molar refractivity (Wildman–Crippen MR) is 64.1 cm³/mol. The Morgan fingerprint density at radius 2 is 2.06 bits per heavy atom. The van der Waals surface area contributed by atoms with E-state index in [0.29, 0.717) is 29.7 Å². The lowest BCUT2D eigenvalue weighted by Gasteiger charge is -2.09. The van der Waals surface area contributed by atoms with E-state index in [2.05, 4.69) is 0 Å². The van der Waals surface area contributed by atoms with Crippen molar-refractivity contribution in [3.05, 3.63) is 33.8 Å². The molecule has 1 atom stereocenters. The molecule has 1 fully saturated rings. The van der Waals surface area contributed by atoms with Crippen molar-refractivity contribution in [1.29, 1.82) is 0 Å². The Balaban J connectivity index is 2.11. The van der Waals surface area contributed by atoms with E-state index in [0.717, 1.165) is 12.0 Å². The minimum Gasteiger partial charge on any atom is -0.381 e. The van der Waals surface area contributed by atoms with E-state index in [1.165, 1.54) is 0 Å². The summed E-state index contributed by atoms with van der Waals surface area (Å²) >= 11 is 12.0. The van der Waals surface area contributed by atoms with E-state index in [4.69, 9.17) is 27.9 Å². The number of ether oxygens (including phenoxy) is 1. The highest BCUT2D eigenvalue weighted by Crippen LogP contribution is 2.26. The van der Waals surface area contributed by atoms with Crippen molar-refractivity contribution < 1.29 is 9.53 Å². The zero-order chi connectivity index (χ0) is 11.5. The third-order valence-corrected chi connectivity index (χ3v) is 3.51. The van der Waals surface area contributed by atoms with Crippen LogP contribution in [0.1, 0.15) is 12.0 Å². The zero-order valence-electron chi connectivity index (χ0n) is 8.71. The van der Waals surface area contributed by atoms with Crippen molar-refractivity contribution >= 4 is 29.0 Å². The highest BCUT2D eigenvalue weighted by atomic mass is 35.5. The van der Waals surface area contributed by atoms with Gasteiger partial charge in [-0.1, -0.05) is 29.3 Å². The molecule has 0 saturated carbocycles. The predicted octanol–water partition coefficient (Wildman–Crippen LogP) is 3.14. The first-order valence-electron chi connectivity index (χ1n) is 5.22. The summed E-state index contributed by atoms with van der Waals surface area (Å²) in [5.41, 5.74) is 0.725. The summed E-state index contributed by atoms with van der Waals surface area (Å²) in [5.74, 6) is 0.167. The molecule has 0 spiro atoms. The van der Waals surface area contributed by atoms with E-state index < -0.39 is 0 Å². The molecule has 1 heterocycles. The van der Waals surface area contributed by atoms with E-state index >= 15 is 0 Å². The van der Waals surface area contributed by atoms with Gasteiger partial charge in [0.1, 0.15) is 5.78 Å². The van der Waals surface area contributed by atoms with Gasteiger partial charge in [-0.3, -0.25) is 4.79 Å². The minimum absolute atomic E-state index is 0.00680. The Labute approximate surface area is 104 Å². The number of ketones is 1. The maximum Gasteiger partial charge on any atom is 0.142 e.